The van der Waals surface area contributed by atoms with Gasteiger partial charge in [-0.2, -0.15) is 13.2 Å². The van der Waals surface area contributed by atoms with Crippen molar-refractivity contribution >= 4 is 29.0 Å². The average molecular weight is 558 g/mol. The average Bonchev–Trinajstić information content (AvgIpc) is 3.41. The number of nitrogens with zero attached hydrogens (tertiary/aromatic N) is 3. The van der Waals surface area contributed by atoms with Crippen LogP contribution in [0.4, 0.5) is 19.0 Å². The molecular formula is C25H34F3N5O4S. The quantitative estimate of drug-likeness (QED) is 0.406. The molecule has 9 nitrogen and oxygen atoms in total. The van der Waals surface area contributed by atoms with Gasteiger partial charge in [-0.15, -0.1) is 11.3 Å². The summed E-state index contributed by atoms with van der Waals surface area (Å²) in [6.07, 6.45) is -3.56. The Kier molecular flexibility index (Phi) is 8.44. The van der Waals surface area contributed by atoms with Crippen molar-refractivity contribution in [2.75, 3.05) is 18.4 Å². The Labute approximate surface area is 223 Å². The molecular weight excluding hydrogens is 523 g/mol. The molecule has 2 atom stereocenters. The summed E-state index contributed by atoms with van der Waals surface area (Å²) in [5.41, 5.74) is -3.69. The standard InChI is InChI=1S/C25H34F3N5O4S/c1-13-8-7-9-33(13)22(36)18-19(38-21(31-18)20(35)30-12-16(34)24(5,6)37)14-11-29-17(32-23(2,3)4)10-15(14)25(26,27)28/h10-11,13,16,34,37H,7-9,12H2,1-6H3,(H,29,32)(H,30,35)/t13-,16?/m0/s1. The number of carbonyl (C=O) groups is 2. The number of aromatic nitrogens is 2. The Morgan fingerprint density at radius 3 is 2.42 bits per heavy atom. The number of pyridine rings is 1. The zero-order valence-corrected chi connectivity index (χ0v) is 23.0. The molecule has 1 aliphatic heterocycles. The highest BCUT2D eigenvalue weighted by atomic mass is 32.1. The lowest BCUT2D eigenvalue weighted by Gasteiger charge is -2.24. The van der Waals surface area contributed by atoms with Gasteiger partial charge in [0.25, 0.3) is 11.8 Å². The first-order chi connectivity index (χ1) is 17.4. The van der Waals surface area contributed by atoms with E-state index in [2.05, 4.69) is 20.6 Å². The number of alkyl halides is 3. The molecule has 4 N–H and O–H groups in total. The van der Waals surface area contributed by atoms with E-state index in [4.69, 9.17) is 0 Å². The van der Waals surface area contributed by atoms with Crippen LogP contribution in [-0.2, 0) is 6.18 Å². The predicted molar refractivity (Wildman–Crippen MR) is 138 cm³/mol. The number of amides is 2. The Morgan fingerprint density at radius 1 is 1.24 bits per heavy atom. The van der Waals surface area contributed by atoms with Crippen molar-refractivity contribution in [3.05, 3.63) is 28.5 Å². The molecule has 1 unspecified atom stereocenters. The van der Waals surface area contributed by atoms with E-state index in [1.54, 1.807) is 20.8 Å². The van der Waals surface area contributed by atoms with E-state index in [0.29, 0.717) is 17.9 Å². The lowest BCUT2D eigenvalue weighted by atomic mass is 10.0. The smallest absolute Gasteiger partial charge is 0.388 e. The minimum Gasteiger partial charge on any atom is -0.388 e. The normalized spacial score (nSPS) is 17.4. The molecule has 0 aliphatic carbocycles. The van der Waals surface area contributed by atoms with Crippen LogP contribution >= 0.6 is 11.3 Å². The molecule has 0 radical (unpaired) electrons. The molecule has 0 saturated carbocycles. The molecule has 0 bridgehead atoms. The Balaban J connectivity index is 2.10. The second kappa shape index (κ2) is 10.8. The van der Waals surface area contributed by atoms with E-state index in [1.807, 2.05) is 6.92 Å². The fourth-order valence-electron chi connectivity index (χ4n) is 3.95. The maximum absolute atomic E-state index is 14.2. The van der Waals surface area contributed by atoms with Crippen molar-refractivity contribution < 1.29 is 33.0 Å². The summed E-state index contributed by atoms with van der Waals surface area (Å²) in [7, 11) is 0. The van der Waals surface area contributed by atoms with Gasteiger partial charge in [0.2, 0.25) is 0 Å². The van der Waals surface area contributed by atoms with E-state index in [9.17, 15) is 33.0 Å². The number of nitrogens with one attached hydrogen (secondary N) is 2. The fourth-order valence-corrected chi connectivity index (χ4v) is 4.95. The molecule has 3 rings (SSSR count). The zero-order valence-electron chi connectivity index (χ0n) is 22.2. The summed E-state index contributed by atoms with van der Waals surface area (Å²) in [6, 6.07) is 0.752. The van der Waals surface area contributed by atoms with Gasteiger partial charge in [-0.05, 0) is 60.5 Å². The molecule has 1 fully saturated rings. The third-order valence-electron chi connectivity index (χ3n) is 6.07. The molecule has 0 aromatic carbocycles. The summed E-state index contributed by atoms with van der Waals surface area (Å²) in [5.74, 6) is -1.35. The van der Waals surface area contributed by atoms with E-state index in [1.165, 1.54) is 18.7 Å². The predicted octanol–water partition coefficient (Wildman–Crippen LogP) is 3.92. The maximum Gasteiger partial charge on any atom is 0.417 e. The molecule has 2 aromatic heterocycles. The Hall–Kier alpha value is -2.77. The van der Waals surface area contributed by atoms with E-state index < -0.39 is 40.8 Å². The summed E-state index contributed by atoms with van der Waals surface area (Å²) < 4.78 is 42.7. The molecule has 0 spiro atoms. The lowest BCUT2D eigenvalue weighted by Crippen LogP contribution is -2.44. The SMILES string of the molecule is C[C@H]1CCCN1C(=O)c1nc(C(=O)NCC(O)C(C)(C)O)sc1-c1cnc(NC(C)(C)C)cc1C(F)(F)F. The fraction of sp³-hybridized carbons (Fsp3) is 0.600. The first kappa shape index (κ1) is 29.8. The van der Waals surface area contributed by atoms with Gasteiger partial charge in [0.1, 0.15) is 11.5 Å². The van der Waals surface area contributed by atoms with Crippen molar-refractivity contribution in [3.63, 3.8) is 0 Å². The van der Waals surface area contributed by atoms with Crippen LogP contribution in [0.2, 0.25) is 0 Å². The highest BCUT2D eigenvalue weighted by Crippen LogP contribution is 2.42. The van der Waals surface area contributed by atoms with E-state index in [-0.39, 0.29) is 39.5 Å². The van der Waals surface area contributed by atoms with E-state index in [0.717, 1.165) is 25.1 Å². The van der Waals surface area contributed by atoms with Gasteiger partial charge in [0, 0.05) is 36.4 Å². The number of aliphatic hydroxyl groups excluding tert-OH is 1. The van der Waals surface area contributed by atoms with Crippen LogP contribution in [0.15, 0.2) is 12.3 Å². The van der Waals surface area contributed by atoms with Crippen LogP contribution < -0.4 is 10.6 Å². The molecule has 2 aromatic rings. The third-order valence-corrected chi connectivity index (χ3v) is 7.15. The van der Waals surface area contributed by atoms with Gasteiger partial charge in [-0.3, -0.25) is 9.59 Å². The number of halogens is 3. The summed E-state index contributed by atoms with van der Waals surface area (Å²) in [4.78, 5) is 36.0. The minimum absolute atomic E-state index is 0.0118. The van der Waals surface area contributed by atoms with Crippen LogP contribution in [0.5, 0.6) is 0 Å². The minimum atomic E-state index is -4.78. The Bertz CT molecular complexity index is 1190. The van der Waals surface area contributed by atoms with E-state index >= 15 is 0 Å². The number of hydrogen-bond donors (Lipinski definition) is 4. The van der Waals surface area contributed by atoms with Crippen molar-refractivity contribution in [1.82, 2.24) is 20.2 Å². The second-order valence-electron chi connectivity index (χ2n) is 11.1. The second-order valence-corrected chi connectivity index (χ2v) is 12.1. The number of likely N-dealkylation sites (tertiary alicyclic amines) is 1. The first-order valence-corrected chi connectivity index (χ1v) is 13.1. The molecule has 1 aliphatic rings. The summed E-state index contributed by atoms with van der Waals surface area (Å²) in [6.45, 7) is 10.0. The first-order valence-electron chi connectivity index (χ1n) is 12.2. The van der Waals surface area contributed by atoms with Gasteiger partial charge in [0.15, 0.2) is 5.01 Å². The number of rotatable bonds is 7. The molecule has 1 saturated heterocycles. The summed E-state index contributed by atoms with van der Waals surface area (Å²) >= 11 is 0.642. The van der Waals surface area contributed by atoms with Gasteiger partial charge < -0.3 is 25.7 Å². The van der Waals surface area contributed by atoms with Crippen LogP contribution in [0.25, 0.3) is 10.4 Å². The number of hydrogen-bond acceptors (Lipinski definition) is 8. The van der Waals surface area contributed by atoms with Crippen molar-refractivity contribution in [3.8, 4) is 10.4 Å². The summed E-state index contributed by atoms with van der Waals surface area (Å²) in [5, 5.41) is 25.0. The topological polar surface area (TPSA) is 128 Å². The molecule has 2 amide bonds. The van der Waals surface area contributed by atoms with Crippen LogP contribution in [-0.4, -0.2) is 73.3 Å². The highest BCUT2D eigenvalue weighted by Gasteiger charge is 2.38. The number of carbonyl (C=O) groups excluding carboxylic acids is 2. The maximum atomic E-state index is 14.2. The molecule has 210 valence electrons. The van der Waals surface area contributed by atoms with Crippen LogP contribution in [0.1, 0.15) is 80.2 Å². The Morgan fingerprint density at radius 2 is 1.89 bits per heavy atom. The molecule has 13 heteroatoms. The van der Waals surface area contributed by atoms with Crippen molar-refractivity contribution in [2.45, 2.75) is 83.8 Å². The lowest BCUT2D eigenvalue weighted by molar-refractivity contribution is -0.137. The van der Waals surface area contributed by atoms with Crippen molar-refractivity contribution in [2.24, 2.45) is 0 Å². The van der Waals surface area contributed by atoms with Gasteiger partial charge >= 0.3 is 6.18 Å². The third kappa shape index (κ3) is 7.00. The zero-order chi connectivity index (χ0) is 28.6. The monoisotopic (exact) mass is 557 g/mol. The number of aliphatic hydroxyl groups is 2. The van der Waals surface area contributed by atoms with Crippen LogP contribution in [0.3, 0.4) is 0 Å². The van der Waals surface area contributed by atoms with Crippen molar-refractivity contribution in [1.29, 1.82) is 0 Å². The van der Waals surface area contributed by atoms with Gasteiger partial charge in [0.05, 0.1) is 22.1 Å². The van der Waals surface area contributed by atoms with Crippen LogP contribution in [0, 0.1) is 0 Å². The number of thiazole rings is 1. The molecule has 3 heterocycles. The largest absolute Gasteiger partial charge is 0.417 e. The molecule has 38 heavy (non-hydrogen) atoms. The highest BCUT2D eigenvalue weighted by molar-refractivity contribution is 7.17. The van der Waals surface area contributed by atoms with Gasteiger partial charge in [-0.1, -0.05) is 0 Å². The van der Waals surface area contributed by atoms with Gasteiger partial charge in [-0.25, -0.2) is 9.97 Å². The number of anilines is 1.